The largest absolute Gasteiger partial charge is 0.481 e. The van der Waals surface area contributed by atoms with E-state index in [-0.39, 0.29) is 24.5 Å². The number of ether oxygens (including phenoxy) is 1. The Bertz CT molecular complexity index is 282. The van der Waals surface area contributed by atoms with E-state index in [1.807, 2.05) is 6.92 Å². The highest BCUT2D eigenvalue weighted by Gasteiger charge is 2.32. The first-order valence-electron chi connectivity index (χ1n) is 5.29. The second kappa shape index (κ2) is 5.27. The maximum absolute atomic E-state index is 11.8. The predicted molar refractivity (Wildman–Crippen MR) is 56.8 cm³/mol. The highest BCUT2D eigenvalue weighted by atomic mass is 16.5. The van der Waals surface area contributed by atoms with Crippen LogP contribution < -0.4 is 5.73 Å². The molecule has 0 aromatic rings. The Kier molecular flexibility index (Phi) is 4.26. The normalized spacial score (nSPS) is 26.4. The second-order valence-corrected chi connectivity index (χ2v) is 4.09. The van der Waals surface area contributed by atoms with Crippen LogP contribution >= 0.6 is 0 Å². The molecule has 1 heterocycles. The maximum Gasteiger partial charge on any atom is 0.305 e. The minimum atomic E-state index is -1.06. The van der Waals surface area contributed by atoms with Crippen LogP contribution in [0.1, 0.15) is 19.8 Å². The number of nitrogens with two attached hydrogens (primary N) is 1. The Hall–Kier alpha value is -1.14. The number of nitrogens with zero attached hydrogens (tertiary/aromatic N) is 1. The zero-order chi connectivity index (χ0) is 12.3. The fourth-order valence-electron chi connectivity index (χ4n) is 1.93. The number of aliphatic carboxylic acids is 1. The summed E-state index contributed by atoms with van der Waals surface area (Å²) in [5.41, 5.74) is 5.52. The van der Waals surface area contributed by atoms with E-state index in [1.54, 1.807) is 7.05 Å². The lowest BCUT2D eigenvalue weighted by molar-refractivity contribution is -0.142. The van der Waals surface area contributed by atoms with Gasteiger partial charge in [0.15, 0.2) is 0 Å². The molecule has 1 saturated heterocycles. The average Bonchev–Trinajstić information content (AvgIpc) is 2.61. The van der Waals surface area contributed by atoms with Crippen LogP contribution in [0, 0.1) is 0 Å². The van der Waals surface area contributed by atoms with Crippen LogP contribution in [-0.2, 0) is 14.3 Å². The van der Waals surface area contributed by atoms with E-state index in [9.17, 15) is 9.59 Å². The van der Waals surface area contributed by atoms with E-state index in [0.717, 1.165) is 6.42 Å². The molecule has 3 N–H and O–H groups in total. The molecule has 0 bridgehead atoms. The van der Waals surface area contributed by atoms with Crippen LogP contribution in [0.5, 0.6) is 0 Å². The van der Waals surface area contributed by atoms with Crippen molar-refractivity contribution in [2.24, 2.45) is 5.73 Å². The minimum absolute atomic E-state index is 0.00709. The SMILES string of the molecule is CC1OCCC1N(C)C(=O)C(N)CC(=O)O. The molecular formula is C10H18N2O4. The first-order valence-corrected chi connectivity index (χ1v) is 5.29. The fourth-order valence-corrected chi connectivity index (χ4v) is 1.93. The third-order valence-electron chi connectivity index (χ3n) is 2.89. The van der Waals surface area contributed by atoms with Crippen molar-refractivity contribution < 1.29 is 19.4 Å². The summed E-state index contributed by atoms with van der Waals surface area (Å²) in [7, 11) is 1.64. The van der Waals surface area contributed by atoms with Crippen LogP contribution in [0.3, 0.4) is 0 Å². The van der Waals surface area contributed by atoms with Gasteiger partial charge < -0.3 is 20.5 Å². The van der Waals surface area contributed by atoms with E-state index < -0.39 is 12.0 Å². The Balaban J connectivity index is 2.55. The average molecular weight is 230 g/mol. The van der Waals surface area contributed by atoms with Gasteiger partial charge in [-0.25, -0.2) is 0 Å². The maximum atomic E-state index is 11.8. The van der Waals surface area contributed by atoms with Crippen LogP contribution in [-0.4, -0.2) is 53.7 Å². The molecule has 1 amide bonds. The monoisotopic (exact) mass is 230 g/mol. The number of carboxylic acids is 1. The Morgan fingerprint density at radius 2 is 2.25 bits per heavy atom. The van der Waals surface area contributed by atoms with Gasteiger partial charge >= 0.3 is 5.97 Å². The summed E-state index contributed by atoms with van der Waals surface area (Å²) in [6.45, 7) is 2.52. The molecule has 3 atom stereocenters. The zero-order valence-electron chi connectivity index (χ0n) is 9.55. The van der Waals surface area contributed by atoms with Crippen molar-refractivity contribution in [3.8, 4) is 0 Å². The first-order chi connectivity index (χ1) is 7.43. The molecule has 0 saturated carbocycles. The molecule has 0 aliphatic carbocycles. The molecule has 0 radical (unpaired) electrons. The van der Waals surface area contributed by atoms with Gasteiger partial charge in [0.05, 0.1) is 24.6 Å². The smallest absolute Gasteiger partial charge is 0.305 e. The van der Waals surface area contributed by atoms with E-state index in [2.05, 4.69) is 0 Å². The lowest BCUT2D eigenvalue weighted by Crippen LogP contribution is -2.49. The van der Waals surface area contributed by atoms with Gasteiger partial charge in [0.25, 0.3) is 0 Å². The van der Waals surface area contributed by atoms with Gasteiger partial charge in [-0.2, -0.15) is 0 Å². The van der Waals surface area contributed by atoms with Crippen molar-refractivity contribution in [2.75, 3.05) is 13.7 Å². The number of carboxylic acid groups (broad SMARTS) is 1. The minimum Gasteiger partial charge on any atom is -0.481 e. The van der Waals surface area contributed by atoms with Crippen molar-refractivity contribution >= 4 is 11.9 Å². The summed E-state index contributed by atoms with van der Waals surface area (Å²) >= 11 is 0. The number of rotatable bonds is 4. The van der Waals surface area contributed by atoms with Crippen molar-refractivity contribution in [1.82, 2.24) is 4.90 Å². The summed E-state index contributed by atoms with van der Waals surface area (Å²) < 4.78 is 5.35. The molecule has 1 rings (SSSR count). The van der Waals surface area contributed by atoms with Crippen molar-refractivity contribution in [3.05, 3.63) is 0 Å². The van der Waals surface area contributed by atoms with E-state index >= 15 is 0 Å². The summed E-state index contributed by atoms with van der Waals surface area (Å²) in [5.74, 6) is -1.41. The number of hydrogen-bond donors (Lipinski definition) is 2. The standard InChI is InChI=1S/C10H18N2O4/c1-6-8(3-4-16-6)12(2)10(15)7(11)5-9(13)14/h6-8H,3-5,11H2,1-2H3,(H,13,14). The van der Waals surface area contributed by atoms with Crippen LogP contribution in [0.25, 0.3) is 0 Å². The Labute approximate surface area is 94.3 Å². The third-order valence-corrected chi connectivity index (χ3v) is 2.89. The fraction of sp³-hybridized carbons (Fsp3) is 0.800. The lowest BCUT2D eigenvalue weighted by Gasteiger charge is -2.28. The topological polar surface area (TPSA) is 92.9 Å². The summed E-state index contributed by atoms with van der Waals surface area (Å²) in [6, 6.07) is -0.984. The third kappa shape index (κ3) is 2.93. The predicted octanol–water partition coefficient (Wildman–Crippen LogP) is -0.576. The summed E-state index contributed by atoms with van der Waals surface area (Å²) in [6.07, 6.45) is 0.403. The van der Waals surface area contributed by atoms with E-state index in [4.69, 9.17) is 15.6 Å². The van der Waals surface area contributed by atoms with Crippen molar-refractivity contribution in [3.63, 3.8) is 0 Å². The van der Waals surface area contributed by atoms with Gasteiger partial charge in [-0.1, -0.05) is 0 Å². The Morgan fingerprint density at radius 1 is 1.62 bits per heavy atom. The van der Waals surface area contributed by atoms with Crippen molar-refractivity contribution in [2.45, 2.75) is 38.0 Å². The second-order valence-electron chi connectivity index (χ2n) is 4.09. The Morgan fingerprint density at radius 3 is 2.69 bits per heavy atom. The molecule has 16 heavy (non-hydrogen) atoms. The highest BCUT2D eigenvalue weighted by molar-refractivity contribution is 5.86. The lowest BCUT2D eigenvalue weighted by atomic mass is 10.1. The molecule has 1 fully saturated rings. The molecule has 92 valence electrons. The summed E-state index contributed by atoms with van der Waals surface area (Å²) in [5, 5.41) is 8.56. The van der Waals surface area contributed by atoms with Crippen LogP contribution in [0.4, 0.5) is 0 Å². The molecule has 0 aromatic carbocycles. The van der Waals surface area contributed by atoms with Gasteiger partial charge in [0, 0.05) is 13.7 Å². The number of carbonyl (C=O) groups is 2. The first kappa shape index (κ1) is 12.9. The molecule has 1 aliphatic heterocycles. The molecule has 3 unspecified atom stereocenters. The van der Waals surface area contributed by atoms with Crippen LogP contribution in [0.2, 0.25) is 0 Å². The van der Waals surface area contributed by atoms with Gasteiger partial charge in [-0.3, -0.25) is 9.59 Å². The number of amides is 1. The molecule has 0 spiro atoms. The van der Waals surface area contributed by atoms with Gasteiger partial charge in [-0.05, 0) is 13.3 Å². The zero-order valence-corrected chi connectivity index (χ0v) is 9.55. The number of likely N-dealkylation sites (N-methyl/N-ethyl adjacent to an activating group) is 1. The number of hydrogen-bond acceptors (Lipinski definition) is 4. The van der Waals surface area contributed by atoms with E-state index in [0.29, 0.717) is 6.61 Å². The van der Waals surface area contributed by atoms with E-state index in [1.165, 1.54) is 4.90 Å². The molecule has 1 aliphatic rings. The number of carbonyl (C=O) groups excluding carboxylic acids is 1. The molecule has 6 heteroatoms. The highest BCUT2D eigenvalue weighted by Crippen LogP contribution is 2.18. The quantitative estimate of drug-likeness (QED) is 0.674. The van der Waals surface area contributed by atoms with Crippen molar-refractivity contribution in [1.29, 1.82) is 0 Å². The van der Waals surface area contributed by atoms with Gasteiger partial charge in [0.2, 0.25) is 5.91 Å². The molecule has 6 nitrogen and oxygen atoms in total. The van der Waals surface area contributed by atoms with Gasteiger partial charge in [-0.15, -0.1) is 0 Å². The molecule has 0 aromatic heterocycles. The van der Waals surface area contributed by atoms with Crippen LogP contribution in [0.15, 0.2) is 0 Å². The van der Waals surface area contributed by atoms with Gasteiger partial charge in [0.1, 0.15) is 0 Å². The summed E-state index contributed by atoms with van der Waals surface area (Å²) in [4.78, 5) is 23.7. The molecular weight excluding hydrogens is 212 g/mol.